The summed E-state index contributed by atoms with van der Waals surface area (Å²) in [6.07, 6.45) is -0.654. The van der Waals surface area contributed by atoms with Crippen molar-refractivity contribution in [3.63, 3.8) is 0 Å². The van der Waals surface area contributed by atoms with Gasteiger partial charge in [-0.15, -0.1) is 0 Å². The van der Waals surface area contributed by atoms with Gasteiger partial charge in [0.1, 0.15) is 0 Å². The van der Waals surface area contributed by atoms with Crippen molar-refractivity contribution in [2.45, 2.75) is 39.2 Å². The number of amides is 1. The number of hydrogen-bond acceptors (Lipinski definition) is 2. The van der Waals surface area contributed by atoms with Gasteiger partial charge in [0, 0.05) is 15.7 Å². The fourth-order valence-electron chi connectivity index (χ4n) is 2.33. The predicted octanol–water partition coefficient (Wildman–Crippen LogP) is 5.05. The van der Waals surface area contributed by atoms with Crippen LogP contribution in [0.1, 0.15) is 55.3 Å². The van der Waals surface area contributed by atoms with Crippen LogP contribution in [-0.4, -0.2) is 11.0 Å². The maximum absolute atomic E-state index is 12.5. The average molecular weight is 376 g/mol. The van der Waals surface area contributed by atoms with E-state index in [0.717, 1.165) is 10.0 Å². The van der Waals surface area contributed by atoms with Crippen LogP contribution in [0.3, 0.4) is 0 Å². The maximum Gasteiger partial charge on any atom is 0.256 e. The van der Waals surface area contributed by atoms with Gasteiger partial charge < -0.3 is 10.4 Å². The highest BCUT2D eigenvalue weighted by molar-refractivity contribution is 9.10. The lowest BCUT2D eigenvalue weighted by Crippen LogP contribution is -2.17. The van der Waals surface area contributed by atoms with Crippen molar-refractivity contribution in [2.24, 2.45) is 0 Å². The van der Waals surface area contributed by atoms with Gasteiger partial charge in [0.15, 0.2) is 0 Å². The normalized spacial score (nSPS) is 12.8. The lowest BCUT2D eigenvalue weighted by molar-refractivity contribution is 0.102. The van der Waals surface area contributed by atoms with E-state index in [4.69, 9.17) is 0 Å². The Morgan fingerprint density at radius 3 is 2.39 bits per heavy atom. The number of rotatable bonds is 3. The molecule has 2 aromatic carbocycles. The zero-order valence-electron chi connectivity index (χ0n) is 13.9. The number of aliphatic hydroxyl groups excluding tert-OH is 1. The summed E-state index contributed by atoms with van der Waals surface area (Å²) in [6, 6.07) is 13.1. The molecular weight excluding hydrogens is 354 g/mol. The Morgan fingerprint density at radius 1 is 1.17 bits per heavy atom. The first-order valence-electron chi connectivity index (χ1n) is 7.58. The van der Waals surface area contributed by atoms with Crippen molar-refractivity contribution in [1.82, 2.24) is 0 Å². The van der Waals surface area contributed by atoms with Crippen molar-refractivity contribution in [3.8, 4) is 0 Å². The molecule has 2 N–H and O–H groups in total. The second kappa shape index (κ2) is 6.85. The minimum Gasteiger partial charge on any atom is -0.389 e. The van der Waals surface area contributed by atoms with Gasteiger partial charge in [-0.05, 0) is 52.0 Å². The van der Waals surface area contributed by atoms with E-state index in [1.54, 1.807) is 13.0 Å². The molecule has 0 fully saturated rings. The highest BCUT2D eigenvalue weighted by Gasteiger charge is 2.19. The molecule has 2 aromatic rings. The third-order valence-corrected chi connectivity index (χ3v) is 4.43. The third kappa shape index (κ3) is 4.21. The summed E-state index contributed by atoms with van der Waals surface area (Å²) in [7, 11) is 0. The molecule has 2 rings (SSSR count). The molecule has 0 aromatic heterocycles. The molecule has 0 radical (unpaired) electrons. The molecule has 122 valence electrons. The Kier molecular flexibility index (Phi) is 5.27. The first-order chi connectivity index (χ1) is 10.7. The second-order valence-electron chi connectivity index (χ2n) is 6.66. The van der Waals surface area contributed by atoms with Gasteiger partial charge in [-0.3, -0.25) is 4.79 Å². The van der Waals surface area contributed by atoms with Crippen LogP contribution in [0.25, 0.3) is 0 Å². The van der Waals surface area contributed by atoms with Crippen molar-refractivity contribution in [3.05, 3.63) is 63.6 Å². The van der Waals surface area contributed by atoms with E-state index in [1.807, 2.05) is 36.4 Å². The number of halogens is 1. The lowest BCUT2D eigenvalue weighted by Gasteiger charge is -2.22. The van der Waals surface area contributed by atoms with E-state index in [0.29, 0.717) is 16.8 Å². The molecule has 0 aliphatic heterocycles. The van der Waals surface area contributed by atoms with Crippen LogP contribution >= 0.6 is 15.9 Å². The smallest absolute Gasteiger partial charge is 0.256 e. The van der Waals surface area contributed by atoms with Gasteiger partial charge in [0.25, 0.3) is 5.91 Å². The van der Waals surface area contributed by atoms with E-state index in [-0.39, 0.29) is 11.3 Å². The van der Waals surface area contributed by atoms with Crippen molar-refractivity contribution in [1.29, 1.82) is 0 Å². The number of anilines is 1. The number of benzene rings is 2. The van der Waals surface area contributed by atoms with E-state index in [1.165, 1.54) is 0 Å². The zero-order chi connectivity index (χ0) is 17.2. The van der Waals surface area contributed by atoms with Crippen molar-refractivity contribution < 1.29 is 9.90 Å². The predicted molar refractivity (Wildman–Crippen MR) is 97.9 cm³/mol. The highest BCUT2D eigenvalue weighted by atomic mass is 79.9. The van der Waals surface area contributed by atoms with Gasteiger partial charge in [0.05, 0.1) is 11.7 Å². The SMILES string of the molecule is CC(O)c1ccc(C(C)(C)C)cc1NC(=O)c1ccccc1Br. The summed E-state index contributed by atoms with van der Waals surface area (Å²) in [5, 5.41) is 12.9. The van der Waals surface area contributed by atoms with Gasteiger partial charge in [-0.2, -0.15) is 0 Å². The van der Waals surface area contributed by atoms with Crippen LogP contribution in [0.15, 0.2) is 46.9 Å². The number of aliphatic hydroxyl groups is 1. The average Bonchev–Trinajstić information content (AvgIpc) is 2.46. The largest absolute Gasteiger partial charge is 0.389 e. The minimum atomic E-state index is -0.654. The van der Waals surface area contributed by atoms with Crippen LogP contribution in [-0.2, 0) is 5.41 Å². The summed E-state index contributed by atoms with van der Waals surface area (Å²) < 4.78 is 0.739. The van der Waals surface area contributed by atoms with E-state index < -0.39 is 6.10 Å². The maximum atomic E-state index is 12.5. The number of nitrogens with one attached hydrogen (secondary N) is 1. The molecule has 1 amide bonds. The van der Waals surface area contributed by atoms with Crippen LogP contribution in [0.5, 0.6) is 0 Å². The fraction of sp³-hybridized carbons (Fsp3) is 0.316. The van der Waals surface area contributed by atoms with Gasteiger partial charge in [-0.25, -0.2) is 0 Å². The van der Waals surface area contributed by atoms with Gasteiger partial charge in [-0.1, -0.05) is 45.0 Å². The molecule has 0 saturated heterocycles. The summed E-state index contributed by atoms with van der Waals surface area (Å²) in [6.45, 7) is 8.04. The molecule has 0 heterocycles. The molecule has 1 atom stereocenters. The molecule has 4 heteroatoms. The molecule has 0 saturated carbocycles. The van der Waals surface area contributed by atoms with Crippen LogP contribution in [0, 0.1) is 0 Å². The summed E-state index contributed by atoms with van der Waals surface area (Å²) in [5.41, 5.74) is 2.98. The molecule has 1 unspecified atom stereocenters. The molecule has 0 spiro atoms. The number of hydrogen-bond donors (Lipinski definition) is 2. The van der Waals surface area contributed by atoms with E-state index in [2.05, 4.69) is 42.0 Å². The highest BCUT2D eigenvalue weighted by Crippen LogP contribution is 2.31. The molecule has 3 nitrogen and oxygen atoms in total. The lowest BCUT2D eigenvalue weighted by atomic mass is 9.85. The van der Waals surface area contributed by atoms with Crippen molar-refractivity contribution in [2.75, 3.05) is 5.32 Å². The molecule has 0 bridgehead atoms. The molecule has 0 aliphatic rings. The zero-order valence-corrected chi connectivity index (χ0v) is 15.4. The molecule has 23 heavy (non-hydrogen) atoms. The molecular formula is C19H22BrNO2. The Hall–Kier alpha value is -1.65. The second-order valence-corrected chi connectivity index (χ2v) is 7.52. The third-order valence-electron chi connectivity index (χ3n) is 3.74. The summed E-state index contributed by atoms with van der Waals surface area (Å²) in [4.78, 5) is 12.5. The standard InChI is InChI=1S/C19H22BrNO2/c1-12(22)14-10-9-13(19(2,3)4)11-17(14)21-18(23)15-7-5-6-8-16(15)20/h5-12,22H,1-4H3,(H,21,23). The van der Waals surface area contributed by atoms with E-state index >= 15 is 0 Å². The Balaban J connectivity index is 2.41. The Labute approximate surface area is 145 Å². The topological polar surface area (TPSA) is 49.3 Å². The van der Waals surface area contributed by atoms with Crippen LogP contribution in [0.2, 0.25) is 0 Å². The number of carbonyl (C=O) groups is 1. The first-order valence-corrected chi connectivity index (χ1v) is 8.38. The first kappa shape index (κ1) is 17.7. The Bertz CT molecular complexity index is 718. The van der Waals surface area contributed by atoms with E-state index in [9.17, 15) is 9.90 Å². The summed E-state index contributed by atoms with van der Waals surface area (Å²) >= 11 is 3.39. The van der Waals surface area contributed by atoms with Gasteiger partial charge in [0.2, 0.25) is 0 Å². The number of carbonyl (C=O) groups excluding carboxylic acids is 1. The van der Waals surface area contributed by atoms with Gasteiger partial charge >= 0.3 is 0 Å². The van der Waals surface area contributed by atoms with Crippen molar-refractivity contribution >= 4 is 27.5 Å². The summed E-state index contributed by atoms with van der Waals surface area (Å²) in [5.74, 6) is -0.203. The quantitative estimate of drug-likeness (QED) is 0.787. The van der Waals surface area contributed by atoms with Crippen LogP contribution < -0.4 is 5.32 Å². The monoisotopic (exact) mass is 375 g/mol. The molecule has 0 aliphatic carbocycles. The fourth-order valence-corrected chi connectivity index (χ4v) is 2.80. The Morgan fingerprint density at radius 2 is 1.83 bits per heavy atom. The van der Waals surface area contributed by atoms with Crippen LogP contribution in [0.4, 0.5) is 5.69 Å². The minimum absolute atomic E-state index is 0.0377.